The number of nitrogens with two attached hydrogens (primary N) is 1. The molecule has 248 valence electrons. The molecule has 2 atom stereocenters. The second-order valence-electron chi connectivity index (χ2n) is 13.1. The van der Waals surface area contributed by atoms with E-state index in [1.54, 1.807) is 40.0 Å². The number of piperidine rings is 1. The lowest BCUT2D eigenvalue weighted by atomic mass is 9.79. The Bertz CT molecular complexity index is 1330. The maximum atomic E-state index is 13.3. The first-order chi connectivity index (χ1) is 20.1. The molecule has 3 N–H and O–H groups in total. The van der Waals surface area contributed by atoms with Crippen molar-refractivity contribution in [3.05, 3.63) is 28.8 Å². The quantitative estimate of drug-likeness (QED) is 0.431. The van der Waals surface area contributed by atoms with Gasteiger partial charge < -0.3 is 15.8 Å². The van der Waals surface area contributed by atoms with E-state index in [2.05, 4.69) is 5.32 Å². The maximum absolute atomic E-state index is 13.3. The normalized spacial score (nSPS) is 21.4. The van der Waals surface area contributed by atoms with Crippen molar-refractivity contribution in [2.45, 2.75) is 96.9 Å². The molecule has 10 nitrogen and oxygen atoms in total. The Balaban J connectivity index is 1.64. The van der Waals surface area contributed by atoms with Crippen LogP contribution < -0.4 is 16.0 Å². The molecule has 0 aromatic heterocycles. The maximum Gasteiger partial charge on any atom is 0.414 e. The van der Waals surface area contributed by atoms with Gasteiger partial charge in [-0.2, -0.15) is 13.2 Å². The monoisotopic (exact) mass is 646 g/mol. The van der Waals surface area contributed by atoms with E-state index >= 15 is 0 Å². The minimum atomic E-state index is -4.39. The summed E-state index contributed by atoms with van der Waals surface area (Å²) in [5, 5.41) is 2.61. The van der Waals surface area contributed by atoms with Crippen molar-refractivity contribution in [3.8, 4) is 0 Å². The van der Waals surface area contributed by atoms with Crippen molar-refractivity contribution in [3.63, 3.8) is 0 Å². The highest BCUT2D eigenvalue weighted by Gasteiger charge is 2.47. The standard InChI is InChI=1S/C30H45F3N4O6S/c1-19-16-23(36(6)27(40)43-28(3,4)5)17-20(2)24(19)10-15-44(41,42)37-13-11-29(12-14-37,26(34)39)35-25(38)21-8-7-9-22(18-21)30(31,32)33/h16-17,21-22H,7-15,18H2,1-6H3,(H2,34,39)(H,35,38). The summed E-state index contributed by atoms with van der Waals surface area (Å²) in [5.41, 5.74) is 6.53. The molecule has 3 rings (SSSR count). The van der Waals surface area contributed by atoms with Gasteiger partial charge in [-0.15, -0.1) is 0 Å². The number of amides is 3. The van der Waals surface area contributed by atoms with Crippen molar-refractivity contribution < 1.29 is 40.7 Å². The van der Waals surface area contributed by atoms with Gasteiger partial charge in [-0.25, -0.2) is 17.5 Å². The third kappa shape index (κ3) is 8.64. The Morgan fingerprint density at radius 2 is 1.66 bits per heavy atom. The first-order valence-corrected chi connectivity index (χ1v) is 16.5. The lowest BCUT2D eigenvalue weighted by molar-refractivity contribution is -0.186. The minimum absolute atomic E-state index is 0.0343. The number of alkyl halides is 3. The van der Waals surface area contributed by atoms with E-state index in [1.165, 1.54) is 9.21 Å². The second-order valence-corrected chi connectivity index (χ2v) is 15.2. The molecule has 2 unspecified atom stereocenters. The lowest BCUT2D eigenvalue weighted by Gasteiger charge is -2.41. The van der Waals surface area contributed by atoms with Crippen LogP contribution in [0.1, 0.15) is 76.0 Å². The fourth-order valence-corrected chi connectivity index (χ4v) is 7.46. The summed E-state index contributed by atoms with van der Waals surface area (Å²) < 4.78 is 73.1. The molecule has 1 aliphatic heterocycles. The zero-order valence-corrected chi connectivity index (χ0v) is 27.2. The Kier molecular flexibility index (Phi) is 10.7. The molecule has 14 heteroatoms. The molecule has 1 aliphatic carbocycles. The van der Waals surface area contributed by atoms with Crippen LogP contribution in [-0.2, 0) is 30.8 Å². The highest BCUT2D eigenvalue weighted by molar-refractivity contribution is 7.89. The number of hydrogen-bond acceptors (Lipinski definition) is 6. The fraction of sp³-hybridized carbons (Fsp3) is 0.700. The summed E-state index contributed by atoms with van der Waals surface area (Å²) in [6.45, 7) is 8.87. The van der Waals surface area contributed by atoms with E-state index in [4.69, 9.17) is 10.5 Å². The predicted octanol–water partition coefficient (Wildman–Crippen LogP) is 4.35. The number of carbonyl (C=O) groups is 3. The first kappa shape index (κ1) is 35.6. The predicted molar refractivity (Wildman–Crippen MR) is 160 cm³/mol. The molecule has 2 fully saturated rings. The van der Waals surface area contributed by atoms with Crippen LogP contribution in [0.5, 0.6) is 0 Å². The number of aryl methyl sites for hydroxylation is 2. The van der Waals surface area contributed by atoms with Gasteiger partial charge in [0.15, 0.2) is 0 Å². The van der Waals surface area contributed by atoms with E-state index in [0.717, 1.165) is 16.7 Å². The molecule has 3 amide bonds. The van der Waals surface area contributed by atoms with Crippen molar-refractivity contribution in [2.24, 2.45) is 17.6 Å². The topological polar surface area (TPSA) is 139 Å². The number of ether oxygens (including phenoxy) is 1. The Hall–Kier alpha value is -2.87. The number of nitrogens with zero attached hydrogens (tertiary/aromatic N) is 2. The van der Waals surface area contributed by atoms with Crippen LogP contribution in [-0.4, -0.2) is 73.8 Å². The number of hydrogen-bond donors (Lipinski definition) is 2. The zero-order chi connectivity index (χ0) is 33.3. The van der Waals surface area contributed by atoms with Crippen LogP contribution in [0, 0.1) is 25.7 Å². The van der Waals surface area contributed by atoms with Crippen LogP contribution in [0.25, 0.3) is 0 Å². The van der Waals surface area contributed by atoms with Gasteiger partial charge in [-0.1, -0.05) is 6.42 Å². The molecule has 2 aliphatic rings. The van der Waals surface area contributed by atoms with Crippen molar-refractivity contribution in [2.75, 3.05) is 30.8 Å². The van der Waals surface area contributed by atoms with E-state index in [-0.39, 0.29) is 63.8 Å². The van der Waals surface area contributed by atoms with E-state index < -0.39 is 57.1 Å². The average Bonchev–Trinajstić information content (AvgIpc) is 2.90. The fourth-order valence-electron chi connectivity index (χ4n) is 6.00. The van der Waals surface area contributed by atoms with Gasteiger partial charge in [0.05, 0.1) is 11.7 Å². The lowest BCUT2D eigenvalue weighted by Crippen LogP contribution is -2.63. The van der Waals surface area contributed by atoms with Crippen molar-refractivity contribution in [1.82, 2.24) is 9.62 Å². The molecule has 0 bridgehead atoms. The number of primary amides is 1. The van der Waals surface area contributed by atoms with E-state index in [9.17, 15) is 36.0 Å². The molecule has 1 aromatic rings. The number of sulfonamides is 1. The van der Waals surface area contributed by atoms with Crippen molar-refractivity contribution in [1.29, 1.82) is 0 Å². The van der Waals surface area contributed by atoms with Gasteiger partial charge in [0.1, 0.15) is 11.1 Å². The van der Waals surface area contributed by atoms with E-state index in [1.807, 2.05) is 13.8 Å². The van der Waals surface area contributed by atoms with Crippen LogP contribution in [0.4, 0.5) is 23.7 Å². The first-order valence-electron chi connectivity index (χ1n) is 14.9. The van der Waals surface area contributed by atoms with Gasteiger partial charge in [0, 0.05) is 31.7 Å². The average molecular weight is 647 g/mol. The number of halogens is 3. The third-order valence-corrected chi connectivity index (χ3v) is 10.5. The Labute approximate surface area is 257 Å². The molecule has 1 saturated heterocycles. The SMILES string of the molecule is Cc1cc(N(C)C(=O)OC(C)(C)C)cc(C)c1CCS(=O)(=O)N1CCC(NC(=O)C2CCCC(C(F)(F)F)C2)(C(N)=O)CC1. The Morgan fingerprint density at radius 1 is 1.09 bits per heavy atom. The van der Waals surface area contributed by atoms with Gasteiger partial charge in [0.2, 0.25) is 21.8 Å². The highest BCUT2D eigenvalue weighted by atomic mass is 32.2. The largest absolute Gasteiger partial charge is 0.443 e. The minimum Gasteiger partial charge on any atom is -0.443 e. The van der Waals surface area contributed by atoms with Crippen LogP contribution in [0.15, 0.2) is 12.1 Å². The highest BCUT2D eigenvalue weighted by Crippen LogP contribution is 2.40. The van der Waals surface area contributed by atoms with Gasteiger partial charge in [0.25, 0.3) is 0 Å². The molecular weight excluding hydrogens is 601 g/mol. The molecule has 1 aromatic carbocycles. The zero-order valence-electron chi connectivity index (χ0n) is 26.3. The van der Waals surface area contributed by atoms with Crippen LogP contribution >= 0.6 is 0 Å². The second kappa shape index (κ2) is 13.2. The number of carbonyl (C=O) groups excluding carboxylic acids is 3. The number of nitrogens with one attached hydrogen (secondary N) is 1. The summed E-state index contributed by atoms with van der Waals surface area (Å²) in [7, 11) is -2.16. The molecule has 1 saturated carbocycles. The van der Waals surface area contributed by atoms with Crippen LogP contribution in [0.3, 0.4) is 0 Å². The van der Waals surface area contributed by atoms with Gasteiger partial charge >= 0.3 is 12.3 Å². The molecule has 0 spiro atoms. The van der Waals surface area contributed by atoms with Gasteiger partial charge in [-0.3, -0.25) is 14.5 Å². The van der Waals surface area contributed by atoms with E-state index in [0.29, 0.717) is 5.69 Å². The number of benzene rings is 1. The number of anilines is 1. The summed E-state index contributed by atoms with van der Waals surface area (Å²) in [6, 6.07) is 3.60. The summed E-state index contributed by atoms with van der Waals surface area (Å²) >= 11 is 0. The summed E-state index contributed by atoms with van der Waals surface area (Å²) in [5.74, 6) is -4.16. The third-order valence-electron chi connectivity index (χ3n) is 8.66. The molecule has 0 radical (unpaired) electrons. The van der Waals surface area contributed by atoms with Crippen LogP contribution in [0.2, 0.25) is 0 Å². The molecular formula is C30H45F3N4O6S. The summed E-state index contributed by atoms with van der Waals surface area (Å²) in [4.78, 5) is 39.3. The molecule has 1 heterocycles. The number of rotatable bonds is 8. The summed E-state index contributed by atoms with van der Waals surface area (Å²) in [6.07, 6.45) is -4.69. The van der Waals surface area contributed by atoms with Crippen molar-refractivity contribution >= 4 is 33.6 Å². The smallest absolute Gasteiger partial charge is 0.414 e. The molecule has 44 heavy (non-hydrogen) atoms. The van der Waals surface area contributed by atoms with Gasteiger partial charge in [-0.05, 0) is 102 Å². The Morgan fingerprint density at radius 3 is 2.16 bits per heavy atom.